The van der Waals surface area contributed by atoms with Crippen molar-refractivity contribution in [3.05, 3.63) is 35.4 Å². The molecule has 0 aromatic heterocycles. The van der Waals surface area contributed by atoms with Gasteiger partial charge < -0.3 is 0 Å². The lowest BCUT2D eigenvalue weighted by molar-refractivity contribution is 0.327. The summed E-state index contributed by atoms with van der Waals surface area (Å²) in [6, 6.07) is 8.06. The molecular weight excluding hydrogens is 222 g/mol. The minimum Gasteiger partial charge on any atom is -0.212 e. The van der Waals surface area contributed by atoms with Crippen LogP contribution in [0.2, 0.25) is 0 Å². The van der Waals surface area contributed by atoms with E-state index in [2.05, 4.69) is 6.07 Å². The van der Waals surface area contributed by atoms with E-state index < -0.39 is 10.0 Å². The second kappa shape index (κ2) is 4.18. The van der Waals surface area contributed by atoms with E-state index in [1.165, 1.54) is 5.56 Å². The molecule has 0 aliphatic carbocycles. The summed E-state index contributed by atoms with van der Waals surface area (Å²) in [5.41, 5.74) is 2.42. The first kappa shape index (κ1) is 11.6. The van der Waals surface area contributed by atoms with Gasteiger partial charge >= 0.3 is 0 Å². The van der Waals surface area contributed by atoms with Gasteiger partial charge in [-0.2, -0.15) is 4.31 Å². The predicted molar refractivity (Wildman–Crippen MR) is 64.7 cm³/mol. The molecule has 0 saturated heterocycles. The highest BCUT2D eigenvalue weighted by Crippen LogP contribution is 2.31. The van der Waals surface area contributed by atoms with Crippen molar-refractivity contribution in [2.24, 2.45) is 0 Å². The van der Waals surface area contributed by atoms with Gasteiger partial charge in [0.05, 0.1) is 5.75 Å². The van der Waals surface area contributed by atoms with Gasteiger partial charge in [0, 0.05) is 12.6 Å². The summed E-state index contributed by atoms with van der Waals surface area (Å²) in [7, 11) is -3.08. The molecule has 1 aliphatic heterocycles. The fourth-order valence-electron chi connectivity index (χ4n) is 2.29. The van der Waals surface area contributed by atoms with Crippen LogP contribution in [-0.4, -0.2) is 25.0 Å². The summed E-state index contributed by atoms with van der Waals surface area (Å²) >= 11 is 0. The summed E-state index contributed by atoms with van der Waals surface area (Å²) in [4.78, 5) is 0. The lowest BCUT2D eigenvalue weighted by Crippen LogP contribution is -2.39. The third-order valence-corrected chi connectivity index (χ3v) is 5.20. The van der Waals surface area contributed by atoms with Crippen molar-refractivity contribution < 1.29 is 8.42 Å². The van der Waals surface area contributed by atoms with Crippen LogP contribution in [-0.2, 0) is 16.4 Å². The highest BCUT2D eigenvalue weighted by atomic mass is 32.2. The zero-order valence-corrected chi connectivity index (χ0v) is 10.5. The topological polar surface area (TPSA) is 37.4 Å². The second-order valence-electron chi connectivity index (χ2n) is 4.14. The van der Waals surface area contributed by atoms with Crippen LogP contribution in [0.1, 0.15) is 31.0 Å². The number of hydrogen-bond acceptors (Lipinski definition) is 2. The summed E-state index contributed by atoms with van der Waals surface area (Å²) in [6.07, 6.45) is 0.819. The molecule has 1 heterocycles. The maximum Gasteiger partial charge on any atom is 0.214 e. The van der Waals surface area contributed by atoms with Crippen molar-refractivity contribution in [3.8, 4) is 0 Å². The Morgan fingerprint density at radius 3 is 2.75 bits per heavy atom. The molecule has 1 aromatic rings. The molecule has 0 radical (unpaired) electrons. The first-order valence-corrected chi connectivity index (χ1v) is 7.24. The number of sulfonamides is 1. The molecule has 1 aromatic carbocycles. The van der Waals surface area contributed by atoms with Crippen molar-refractivity contribution >= 4 is 10.0 Å². The largest absolute Gasteiger partial charge is 0.214 e. The number of hydrogen-bond donors (Lipinski definition) is 0. The minimum atomic E-state index is -3.08. The SMILES string of the molecule is CCS(=O)(=O)N1CCc2ccccc2C1C. The van der Waals surface area contributed by atoms with Gasteiger partial charge in [0.25, 0.3) is 0 Å². The zero-order valence-electron chi connectivity index (χ0n) is 9.68. The van der Waals surface area contributed by atoms with Crippen molar-refractivity contribution in [2.75, 3.05) is 12.3 Å². The Bertz CT molecular complexity index is 482. The van der Waals surface area contributed by atoms with E-state index in [-0.39, 0.29) is 11.8 Å². The average molecular weight is 239 g/mol. The molecule has 1 aliphatic rings. The Kier molecular flexibility index (Phi) is 3.04. The molecule has 1 unspecified atom stereocenters. The molecule has 0 fully saturated rings. The van der Waals surface area contributed by atoms with Gasteiger partial charge in [-0.05, 0) is 31.4 Å². The normalized spacial score (nSPS) is 21.8. The first-order chi connectivity index (χ1) is 7.56. The monoisotopic (exact) mass is 239 g/mol. The van der Waals surface area contributed by atoms with Gasteiger partial charge in [-0.25, -0.2) is 8.42 Å². The molecule has 88 valence electrons. The van der Waals surface area contributed by atoms with Gasteiger partial charge in [-0.15, -0.1) is 0 Å². The summed E-state index contributed by atoms with van der Waals surface area (Å²) < 4.78 is 25.4. The van der Waals surface area contributed by atoms with Crippen molar-refractivity contribution in [2.45, 2.75) is 26.3 Å². The Hall–Kier alpha value is -0.870. The van der Waals surface area contributed by atoms with E-state index in [9.17, 15) is 8.42 Å². The lowest BCUT2D eigenvalue weighted by atomic mass is 9.96. The molecule has 3 nitrogen and oxygen atoms in total. The van der Waals surface area contributed by atoms with Crippen LogP contribution in [0.15, 0.2) is 24.3 Å². The fraction of sp³-hybridized carbons (Fsp3) is 0.500. The molecule has 0 amide bonds. The quantitative estimate of drug-likeness (QED) is 0.791. The highest BCUT2D eigenvalue weighted by molar-refractivity contribution is 7.89. The zero-order chi connectivity index (χ0) is 11.8. The fourth-order valence-corrected chi connectivity index (χ4v) is 3.59. The number of nitrogens with zero attached hydrogens (tertiary/aromatic N) is 1. The predicted octanol–water partition coefficient (Wildman–Crippen LogP) is 1.96. The molecular formula is C12H17NO2S. The maximum absolute atomic E-state index is 11.9. The average Bonchev–Trinajstić information content (AvgIpc) is 2.29. The van der Waals surface area contributed by atoms with E-state index in [4.69, 9.17) is 0 Å². The third-order valence-electron chi connectivity index (χ3n) is 3.26. The number of fused-ring (bicyclic) bond motifs is 1. The molecule has 0 saturated carbocycles. The van der Waals surface area contributed by atoms with E-state index in [0.29, 0.717) is 6.54 Å². The van der Waals surface area contributed by atoms with Crippen LogP contribution >= 0.6 is 0 Å². The van der Waals surface area contributed by atoms with E-state index in [1.54, 1.807) is 11.2 Å². The van der Waals surface area contributed by atoms with Crippen LogP contribution in [0.25, 0.3) is 0 Å². The first-order valence-electron chi connectivity index (χ1n) is 5.63. The van der Waals surface area contributed by atoms with Crippen molar-refractivity contribution in [1.82, 2.24) is 4.31 Å². The van der Waals surface area contributed by atoms with Gasteiger partial charge in [0.2, 0.25) is 10.0 Å². The smallest absolute Gasteiger partial charge is 0.212 e. The van der Waals surface area contributed by atoms with Crippen LogP contribution in [0.5, 0.6) is 0 Å². The van der Waals surface area contributed by atoms with Crippen molar-refractivity contribution in [3.63, 3.8) is 0 Å². The standard InChI is InChI=1S/C12H17NO2S/c1-3-16(14,15)13-9-8-11-6-4-5-7-12(11)10(13)2/h4-7,10H,3,8-9H2,1-2H3. The molecule has 0 N–H and O–H groups in total. The van der Waals surface area contributed by atoms with Gasteiger partial charge in [0.1, 0.15) is 0 Å². The molecule has 2 rings (SSSR count). The lowest BCUT2D eigenvalue weighted by Gasteiger charge is -2.33. The van der Waals surface area contributed by atoms with Crippen LogP contribution < -0.4 is 0 Å². The Morgan fingerprint density at radius 2 is 2.06 bits per heavy atom. The molecule has 4 heteroatoms. The Labute approximate surface area is 97.1 Å². The summed E-state index contributed by atoms with van der Waals surface area (Å²) in [5.74, 6) is 0.180. The maximum atomic E-state index is 11.9. The van der Waals surface area contributed by atoms with Crippen LogP contribution in [0.4, 0.5) is 0 Å². The Balaban J connectivity index is 2.39. The molecule has 0 bridgehead atoms. The van der Waals surface area contributed by atoms with Gasteiger partial charge in [0.15, 0.2) is 0 Å². The third kappa shape index (κ3) is 1.87. The molecule has 0 spiro atoms. The molecule has 1 atom stereocenters. The van der Waals surface area contributed by atoms with Gasteiger partial charge in [-0.1, -0.05) is 24.3 Å². The van der Waals surface area contributed by atoms with Crippen molar-refractivity contribution in [1.29, 1.82) is 0 Å². The van der Waals surface area contributed by atoms with Crippen LogP contribution in [0, 0.1) is 0 Å². The number of rotatable bonds is 2. The highest BCUT2D eigenvalue weighted by Gasteiger charge is 2.30. The number of benzene rings is 1. The summed E-state index contributed by atoms with van der Waals surface area (Å²) in [6.45, 7) is 4.27. The second-order valence-corrected chi connectivity index (χ2v) is 6.35. The van der Waals surface area contributed by atoms with E-state index >= 15 is 0 Å². The van der Waals surface area contributed by atoms with E-state index in [1.807, 2.05) is 25.1 Å². The molecule has 16 heavy (non-hydrogen) atoms. The van der Waals surface area contributed by atoms with Gasteiger partial charge in [-0.3, -0.25) is 0 Å². The summed E-state index contributed by atoms with van der Waals surface area (Å²) in [5, 5.41) is 0. The Morgan fingerprint density at radius 1 is 1.38 bits per heavy atom. The minimum absolute atomic E-state index is 0.0325. The van der Waals surface area contributed by atoms with Crippen LogP contribution in [0.3, 0.4) is 0 Å². The van der Waals surface area contributed by atoms with E-state index in [0.717, 1.165) is 12.0 Å².